The first kappa shape index (κ1) is 13.9. The molecule has 0 spiro atoms. The lowest BCUT2D eigenvalue weighted by Crippen LogP contribution is -2.58. The molecule has 1 rings (SSSR count). The first-order valence-corrected chi connectivity index (χ1v) is 5.34. The van der Waals surface area contributed by atoms with Gasteiger partial charge in [-0.3, -0.25) is 0 Å². The van der Waals surface area contributed by atoms with E-state index in [4.69, 9.17) is 0 Å². The van der Waals surface area contributed by atoms with Crippen LogP contribution in [0.4, 0.5) is 14.4 Å². The molecule has 9 nitrogen and oxygen atoms in total. The molecule has 6 amide bonds. The third kappa shape index (κ3) is 3.40. The molecule has 0 aromatic carbocycles. The summed E-state index contributed by atoms with van der Waals surface area (Å²) in [5.41, 5.74) is 0. The van der Waals surface area contributed by atoms with Crippen LogP contribution in [0.5, 0.6) is 0 Å². The Morgan fingerprint density at radius 1 is 0.944 bits per heavy atom. The van der Waals surface area contributed by atoms with Crippen molar-refractivity contribution < 1.29 is 14.4 Å². The van der Waals surface area contributed by atoms with E-state index in [1.54, 1.807) is 28.2 Å². The van der Waals surface area contributed by atoms with Gasteiger partial charge in [-0.15, -0.1) is 0 Å². The summed E-state index contributed by atoms with van der Waals surface area (Å²) in [7, 11) is 6.31. The Bertz CT molecular complexity index is 324. The fraction of sp³-hybridized carbons (Fsp3) is 0.667. The molecule has 1 aliphatic heterocycles. The lowest BCUT2D eigenvalue weighted by Gasteiger charge is -2.24. The Morgan fingerprint density at radius 2 is 1.28 bits per heavy atom. The fourth-order valence-corrected chi connectivity index (χ4v) is 1.25. The van der Waals surface area contributed by atoms with Crippen molar-refractivity contribution in [3.05, 3.63) is 0 Å². The summed E-state index contributed by atoms with van der Waals surface area (Å²) in [5, 5.41) is 10.1. The van der Waals surface area contributed by atoms with Crippen LogP contribution in [0.15, 0.2) is 0 Å². The minimum absolute atomic E-state index is 0.367. The van der Waals surface area contributed by atoms with Crippen LogP contribution in [-0.4, -0.2) is 68.4 Å². The molecule has 1 saturated heterocycles. The second-order valence-corrected chi connectivity index (χ2v) is 4.26. The quantitative estimate of drug-likeness (QED) is 0.484. The van der Waals surface area contributed by atoms with Gasteiger partial charge in [-0.1, -0.05) is 0 Å². The highest BCUT2D eigenvalue weighted by molar-refractivity contribution is 5.82. The third-order valence-corrected chi connectivity index (χ3v) is 2.28. The highest BCUT2D eigenvalue weighted by Crippen LogP contribution is 1.97. The van der Waals surface area contributed by atoms with Crippen molar-refractivity contribution >= 4 is 18.1 Å². The summed E-state index contributed by atoms with van der Waals surface area (Å²) in [6, 6.07) is -1.19. The predicted octanol–water partition coefficient (Wildman–Crippen LogP) is -1.51. The summed E-state index contributed by atoms with van der Waals surface area (Å²) >= 11 is 0. The van der Waals surface area contributed by atoms with Crippen LogP contribution in [0, 0.1) is 0 Å². The summed E-state index contributed by atoms with van der Waals surface area (Å²) in [6.45, 7) is 0. The molecule has 0 saturated carbocycles. The maximum Gasteiger partial charge on any atom is 0.318 e. The van der Waals surface area contributed by atoms with Gasteiger partial charge in [0.1, 0.15) is 12.3 Å². The highest BCUT2D eigenvalue weighted by atomic mass is 16.2. The Hall–Kier alpha value is -2.19. The second-order valence-electron chi connectivity index (χ2n) is 4.26. The number of carbonyl (C=O) groups excluding carboxylic acids is 3. The monoisotopic (exact) mass is 258 g/mol. The standard InChI is InChI=1S/C9H18N6O3/c1-14(2)8(17)12-5-6(11-7(16)10-5)13-9(18)15(3)4/h5-6H,1-4H3,(H,12,17)(H,13,18)(H2,10,11,16). The van der Waals surface area contributed by atoms with E-state index in [0.29, 0.717) is 0 Å². The van der Waals surface area contributed by atoms with E-state index in [-0.39, 0.29) is 12.1 Å². The molecule has 4 N–H and O–H groups in total. The van der Waals surface area contributed by atoms with E-state index in [2.05, 4.69) is 21.3 Å². The number of nitrogens with zero attached hydrogens (tertiary/aromatic N) is 2. The number of hydrogen-bond acceptors (Lipinski definition) is 3. The molecule has 0 aromatic rings. The fourth-order valence-electron chi connectivity index (χ4n) is 1.25. The van der Waals surface area contributed by atoms with E-state index < -0.39 is 18.4 Å². The molecule has 1 fully saturated rings. The Morgan fingerprint density at radius 3 is 1.56 bits per heavy atom. The summed E-state index contributed by atoms with van der Waals surface area (Å²) in [5.74, 6) is 0. The van der Waals surface area contributed by atoms with Gasteiger partial charge in [0, 0.05) is 28.2 Å². The number of rotatable bonds is 2. The van der Waals surface area contributed by atoms with E-state index in [1.165, 1.54) is 9.80 Å². The summed E-state index contributed by atoms with van der Waals surface area (Å²) in [4.78, 5) is 36.8. The van der Waals surface area contributed by atoms with Crippen LogP contribution in [0.1, 0.15) is 0 Å². The summed E-state index contributed by atoms with van der Waals surface area (Å²) < 4.78 is 0. The second kappa shape index (κ2) is 5.43. The average molecular weight is 258 g/mol. The zero-order chi connectivity index (χ0) is 13.9. The van der Waals surface area contributed by atoms with Crippen molar-refractivity contribution in [2.24, 2.45) is 0 Å². The maximum absolute atomic E-state index is 11.5. The number of nitrogens with one attached hydrogen (secondary N) is 4. The smallest absolute Gasteiger partial charge is 0.318 e. The molecule has 0 radical (unpaired) electrons. The van der Waals surface area contributed by atoms with Crippen molar-refractivity contribution in [3.8, 4) is 0 Å². The molecule has 18 heavy (non-hydrogen) atoms. The van der Waals surface area contributed by atoms with Crippen molar-refractivity contribution in [1.29, 1.82) is 0 Å². The van der Waals surface area contributed by atoms with Gasteiger partial charge >= 0.3 is 18.1 Å². The Labute approximate surface area is 105 Å². The lowest BCUT2D eigenvalue weighted by atomic mass is 10.4. The van der Waals surface area contributed by atoms with Crippen LogP contribution in [0.2, 0.25) is 0 Å². The van der Waals surface area contributed by atoms with Crippen LogP contribution in [0.25, 0.3) is 0 Å². The average Bonchev–Trinajstić information content (AvgIpc) is 2.58. The van der Waals surface area contributed by atoms with Gasteiger partial charge < -0.3 is 31.1 Å². The third-order valence-electron chi connectivity index (χ3n) is 2.28. The van der Waals surface area contributed by atoms with Gasteiger partial charge in [0.05, 0.1) is 0 Å². The minimum atomic E-state index is -0.698. The Kier molecular flexibility index (Phi) is 4.18. The van der Waals surface area contributed by atoms with Gasteiger partial charge in [-0.25, -0.2) is 14.4 Å². The van der Waals surface area contributed by atoms with Gasteiger partial charge in [0.15, 0.2) is 0 Å². The molecule has 0 aliphatic carbocycles. The zero-order valence-electron chi connectivity index (χ0n) is 10.8. The molecular formula is C9H18N6O3. The van der Waals surface area contributed by atoms with Gasteiger partial charge in [0.2, 0.25) is 0 Å². The molecule has 2 unspecified atom stereocenters. The molecule has 2 atom stereocenters. The van der Waals surface area contributed by atoms with E-state index in [1.807, 2.05) is 0 Å². The summed E-state index contributed by atoms with van der Waals surface area (Å²) in [6.07, 6.45) is -1.40. The molecule has 102 valence electrons. The van der Waals surface area contributed by atoms with Crippen molar-refractivity contribution in [2.45, 2.75) is 12.3 Å². The van der Waals surface area contributed by atoms with Crippen molar-refractivity contribution in [3.63, 3.8) is 0 Å². The van der Waals surface area contributed by atoms with E-state index >= 15 is 0 Å². The van der Waals surface area contributed by atoms with Gasteiger partial charge in [0.25, 0.3) is 0 Å². The van der Waals surface area contributed by atoms with Crippen molar-refractivity contribution in [1.82, 2.24) is 31.1 Å². The van der Waals surface area contributed by atoms with Crippen LogP contribution < -0.4 is 21.3 Å². The molecule has 1 heterocycles. The zero-order valence-corrected chi connectivity index (χ0v) is 10.8. The SMILES string of the molecule is CN(C)C(=O)NC1NC(=O)NC1NC(=O)N(C)C. The maximum atomic E-state index is 11.5. The van der Waals surface area contributed by atoms with E-state index in [9.17, 15) is 14.4 Å². The normalized spacial score (nSPS) is 21.7. The van der Waals surface area contributed by atoms with Gasteiger partial charge in [-0.05, 0) is 0 Å². The van der Waals surface area contributed by atoms with Crippen LogP contribution in [0.3, 0.4) is 0 Å². The highest BCUT2D eigenvalue weighted by Gasteiger charge is 2.34. The first-order valence-electron chi connectivity index (χ1n) is 5.34. The van der Waals surface area contributed by atoms with Gasteiger partial charge in [-0.2, -0.15) is 0 Å². The molecule has 0 aromatic heterocycles. The van der Waals surface area contributed by atoms with Crippen LogP contribution >= 0.6 is 0 Å². The predicted molar refractivity (Wildman–Crippen MR) is 63.7 cm³/mol. The minimum Gasteiger partial charge on any atom is -0.331 e. The van der Waals surface area contributed by atoms with Crippen LogP contribution in [-0.2, 0) is 0 Å². The molecular weight excluding hydrogens is 240 g/mol. The molecule has 0 bridgehead atoms. The molecule has 9 heteroatoms. The first-order chi connectivity index (χ1) is 8.31. The number of urea groups is 3. The number of amides is 6. The number of hydrogen-bond donors (Lipinski definition) is 4. The van der Waals surface area contributed by atoms with Crippen molar-refractivity contribution in [2.75, 3.05) is 28.2 Å². The lowest BCUT2D eigenvalue weighted by molar-refractivity contribution is 0.199. The molecule has 1 aliphatic rings. The number of carbonyl (C=O) groups is 3. The Balaban J connectivity index is 2.62. The van der Waals surface area contributed by atoms with E-state index in [0.717, 1.165) is 0 Å². The largest absolute Gasteiger partial charge is 0.331 e. The topological polar surface area (TPSA) is 106 Å².